The lowest BCUT2D eigenvalue weighted by Gasteiger charge is -2.27. The van der Waals surface area contributed by atoms with E-state index in [9.17, 15) is 36.6 Å². The van der Waals surface area contributed by atoms with Gasteiger partial charge in [-0.15, -0.1) is 0 Å². The van der Waals surface area contributed by atoms with Gasteiger partial charge in [0.15, 0.2) is 0 Å². The first-order valence-electron chi connectivity index (χ1n) is 12.0. The third-order valence-electron chi connectivity index (χ3n) is 6.12. The number of ether oxygens (including phenoxy) is 2. The van der Waals surface area contributed by atoms with Crippen LogP contribution in [0, 0.1) is 0 Å². The highest BCUT2D eigenvalue weighted by molar-refractivity contribution is 7.93. The van der Waals surface area contributed by atoms with E-state index in [2.05, 4.69) is 4.98 Å². The monoisotopic (exact) mass is 615 g/mol. The lowest BCUT2D eigenvalue weighted by molar-refractivity contribution is -0.136. The van der Waals surface area contributed by atoms with Gasteiger partial charge in [0, 0.05) is 11.6 Å². The summed E-state index contributed by atoms with van der Waals surface area (Å²) in [5.74, 6) is -2.15. The molecule has 4 rings (SSSR count). The maximum Gasteiger partial charge on any atom is 0.324 e. The van der Waals surface area contributed by atoms with Gasteiger partial charge in [-0.1, -0.05) is 0 Å². The standard InChI is InChI=1S/C27H25N3O10S2/c1-39-18-5-9-20(10-6-18)41(35,36)29(16-25(31)32)23-13-14-24(27-22(23)4-3-15-28-27)30(17-26(33)34)42(37,38)21-11-7-19(40-2)8-12-21/h3-15H,16-17H2,1-2H3,(H,31,32)(H,33,34). The molecule has 13 nitrogen and oxygen atoms in total. The number of fused-ring (bicyclic) bond motifs is 1. The van der Waals surface area contributed by atoms with Crippen molar-refractivity contribution in [3.63, 3.8) is 0 Å². The molecule has 2 N–H and O–H groups in total. The minimum absolute atomic E-state index is 0.0636. The number of benzene rings is 3. The minimum Gasteiger partial charge on any atom is -0.497 e. The Morgan fingerprint density at radius 3 is 1.55 bits per heavy atom. The van der Waals surface area contributed by atoms with Crippen molar-refractivity contribution in [3.05, 3.63) is 79.0 Å². The van der Waals surface area contributed by atoms with Crippen molar-refractivity contribution in [2.24, 2.45) is 0 Å². The van der Waals surface area contributed by atoms with E-state index in [4.69, 9.17) is 9.47 Å². The fourth-order valence-corrected chi connectivity index (χ4v) is 7.01. The SMILES string of the molecule is COc1ccc(S(=O)(=O)N(CC(=O)O)c2ccc(N(CC(=O)O)S(=O)(=O)c3ccc(OC)cc3)c3ncccc23)cc1. The van der Waals surface area contributed by atoms with Crippen LogP contribution in [-0.4, -0.2) is 71.3 Å². The molecule has 3 aromatic carbocycles. The molecule has 0 spiro atoms. The molecule has 0 aliphatic carbocycles. The Labute approximate surface area is 241 Å². The van der Waals surface area contributed by atoms with Crippen molar-refractivity contribution in [1.82, 2.24) is 4.98 Å². The summed E-state index contributed by atoms with van der Waals surface area (Å²) in [6.07, 6.45) is 1.31. The lowest BCUT2D eigenvalue weighted by Crippen LogP contribution is -2.37. The minimum atomic E-state index is -4.48. The van der Waals surface area contributed by atoms with Gasteiger partial charge in [-0.05, 0) is 72.8 Å². The molecule has 42 heavy (non-hydrogen) atoms. The topological polar surface area (TPSA) is 181 Å². The molecular weight excluding hydrogens is 590 g/mol. The number of carboxylic acids is 2. The third-order valence-corrected chi connectivity index (χ3v) is 9.66. The van der Waals surface area contributed by atoms with Crippen molar-refractivity contribution in [2.45, 2.75) is 9.79 Å². The van der Waals surface area contributed by atoms with E-state index in [-0.39, 0.29) is 32.1 Å². The van der Waals surface area contributed by atoms with Crippen LogP contribution >= 0.6 is 0 Å². The first-order chi connectivity index (χ1) is 19.9. The van der Waals surface area contributed by atoms with E-state index in [1.807, 2.05) is 0 Å². The summed E-state index contributed by atoms with van der Waals surface area (Å²) < 4.78 is 66.1. The zero-order valence-corrected chi connectivity index (χ0v) is 23.9. The summed E-state index contributed by atoms with van der Waals surface area (Å²) in [6.45, 7) is -1.96. The van der Waals surface area contributed by atoms with Crippen LogP contribution in [0.25, 0.3) is 10.9 Å². The smallest absolute Gasteiger partial charge is 0.324 e. The van der Waals surface area contributed by atoms with Gasteiger partial charge in [0.1, 0.15) is 24.6 Å². The quantitative estimate of drug-likeness (QED) is 0.239. The number of carboxylic acid groups (broad SMARTS) is 2. The summed E-state index contributed by atoms with van der Waals surface area (Å²) in [5.41, 5.74) is -0.351. The van der Waals surface area contributed by atoms with Crippen molar-refractivity contribution >= 4 is 54.3 Å². The van der Waals surface area contributed by atoms with E-state index in [1.165, 1.54) is 93.2 Å². The van der Waals surface area contributed by atoms with Gasteiger partial charge in [-0.2, -0.15) is 0 Å². The number of hydrogen-bond acceptors (Lipinski definition) is 9. The van der Waals surface area contributed by atoms with Gasteiger partial charge >= 0.3 is 11.9 Å². The number of hydrogen-bond donors (Lipinski definition) is 2. The first kappa shape index (κ1) is 30.1. The van der Waals surface area contributed by atoms with Crippen LogP contribution in [0.4, 0.5) is 11.4 Å². The zero-order valence-electron chi connectivity index (χ0n) is 22.2. The number of rotatable bonds is 12. The van der Waals surface area contributed by atoms with Crippen LogP contribution in [-0.2, 0) is 29.6 Å². The Morgan fingerprint density at radius 2 is 1.12 bits per heavy atom. The van der Waals surface area contributed by atoms with Gasteiger partial charge in [0.05, 0.1) is 40.9 Å². The van der Waals surface area contributed by atoms with Gasteiger partial charge in [-0.3, -0.25) is 23.2 Å². The fraction of sp³-hybridized carbons (Fsp3) is 0.148. The molecule has 1 heterocycles. The molecule has 0 atom stereocenters. The summed E-state index contributed by atoms with van der Waals surface area (Å²) in [4.78, 5) is 27.4. The number of aromatic nitrogens is 1. The Bertz CT molecular complexity index is 1710. The third kappa shape index (κ3) is 5.91. The average molecular weight is 616 g/mol. The Kier molecular flexibility index (Phi) is 8.54. The molecule has 0 amide bonds. The van der Waals surface area contributed by atoms with Gasteiger partial charge in [0.2, 0.25) is 0 Å². The molecule has 0 saturated carbocycles. The van der Waals surface area contributed by atoms with E-state index in [0.717, 1.165) is 0 Å². The highest BCUT2D eigenvalue weighted by atomic mass is 32.2. The zero-order chi connectivity index (χ0) is 30.7. The maximum atomic E-state index is 13.7. The second kappa shape index (κ2) is 11.9. The molecule has 0 unspecified atom stereocenters. The summed E-state index contributed by atoms with van der Waals surface area (Å²) in [7, 11) is -6.13. The molecule has 0 fully saturated rings. The first-order valence-corrected chi connectivity index (χ1v) is 14.9. The van der Waals surface area contributed by atoms with Gasteiger partial charge in [0.25, 0.3) is 20.0 Å². The number of methoxy groups -OCH3 is 2. The van der Waals surface area contributed by atoms with E-state index < -0.39 is 45.1 Å². The number of carbonyl (C=O) groups is 2. The van der Waals surface area contributed by atoms with E-state index in [1.54, 1.807) is 0 Å². The second-order valence-corrected chi connectivity index (χ2v) is 12.4. The molecule has 0 aliphatic heterocycles. The Balaban J connectivity index is 1.92. The normalized spacial score (nSPS) is 11.6. The molecule has 220 valence electrons. The number of sulfonamides is 2. The number of pyridine rings is 1. The highest BCUT2D eigenvalue weighted by Gasteiger charge is 2.32. The molecule has 0 aliphatic rings. The largest absolute Gasteiger partial charge is 0.497 e. The van der Waals surface area contributed by atoms with Crippen LogP contribution in [0.1, 0.15) is 0 Å². The van der Waals surface area contributed by atoms with Crippen LogP contribution in [0.15, 0.2) is 88.8 Å². The van der Waals surface area contributed by atoms with Crippen molar-refractivity contribution in [1.29, 1.82) is 0 Å². The second-order valence-electron chi connectivity index (χ2n) is 8.67. The molecule has 1 aromatic heterocycles. The van der Waals surface area contributed by atoms with Crippen molar-refractivity contribution in [3.8, 4) is 11.5 Å². The van der Waals surface area contributed by atoms with Crippen LogP contribution in [0.5, 0.6) is 11.5 Å². The molecule has 0 saturated heterocycles. The Hall–Kier alpha value is -4.89. The summed E-state index contributed by atoms with van der Waals surface area (Å²) in [5, 5.41) is 19.3. The van der Waals surface area contributed by atoms with Crippen molar-refractivity contribution < 1.29 is 46.1 Å². The van der Waals surface area contributed by atoms with Crippen molar-refractivity contribution in [2.75, 3.05) is 35.9 Å². The predicted octanol–water partition coefficient (Wildman–Crippen LogP) is 2.81. The average Bonchev–Trinajstić information content (AvgIpc) is 2.98. The van der Waals surface area contributed by atoms with E-state index in [0.29, 0.717) is 20.1 Å². The molecule has 0 radical (unpaired) electrons. The van der Waals surface area contributed by atoms with Crippen LogP contribution in [0.2, 0.25) is 0 Å². The number of anilines is 2. The maximum absolute atomic E-state index is 13.7. The van der Waals surface area contributed by atoms with Gasteiger partial charge in [-0.25, -0.2) is 16.8 Å². The van der Waals surface area contributed by atoms with Crippen LogP contribution in [0.3, 0.4) is 0 Å². The summed E-state index contributed by atoms with van der Waals surface area (Å²) >= 11 is 0. The Morgan fingerprint density at radius 1 is 0.690 bits per heavy atom. The molecular formula is C27H25N3O10S2. The predicted molar refractivity (Wildman–Crippen MR) is 152 cm³/mol. The van der Waals surface area contributed by atoms with E-state index >= 15 is 0 Å². The molecule has 4 aromatic rings. The lowest BCUT2D eigenvalue weighted by atomic mass is 10.1. The fourth-order valence-electron chi connectivity index (χ4n) is 4.16. The number of aliphatic carboxylic acids is 2. The summed E-state index contributed by atoms with van der Waals surface area (Å²) in [6, 6.07) is 15.9. The van der Waals surface area contributed by atoms with Crippen LogP contribution < -0.4 is 18.1 Å². The molecule has 15 heteroatoms. The highest BCUT2D eigenvalue weighted by Crippen LogP contribution is 2.37. The van der Waals surface area contributed by atoms with Gasteiger partial charge < -0.3 is 19.7 Å². The number of nitrogens with zero attached hydrogens (tertiary/aromatic N) is 3. The molecule has 0 bridgehead atoms.